The molecule has 2 amide bonds. The smallest absolute Gasteiger partial charge is 0.244 e. The monoisotopic (exact) mass is 269 g/mol. The van der Waals surface area contributed by atoms with Crippen molar-refractivity contribution in [2.75, 3.05) is 33.4 Å². The molecule has 2 aliphatic heterocycles. The lowest BCUT2D eigenvalue weighted by Gasteiger charge is -2.36. The summed E-state index contributed by atoms with van der Waals surface area (Å²) >= 11 is 0. The van der Waals surface area contributed by atoms with E-state index in [2.05, 4.69) is 10.6 Å². The number of rotatable bonds is 2. The summed E-state index contributed by atoms with van der Waals surface area (Å²) in [7, 11) is 1.59. The van der Waals surface area contributed by atoms with E-state index in [1.165, 1.54) is 6.42 Å². The lowest BCUT2D eigenvalue weighted by Crippen LogP contribution is -2.59. The minimum atomic E-state index is -0.490. The van der Waals surface area contributed by atoms with E-state index >= 15 is 0 Å². The predicted octanol–water partition coefficient (Wildman–Crippen LogP) is -0.508. The minimum Gasteiger partial charge on any atom is -0.377 e. The number of carbonyl (C=O) groups is 2. The summed E-state index contributed by atoms with van der Waals surface area (Å²) in [5.74, 6) is -0.111. The van der Waals surface area contributed by atoms with Crippen molar-refractivity contribution in [3.63, 3.8) is 0 Å². The zero-order valence-electron chi connectivity index (χ0n) is 11.5. The van der Waals surface area contributed by atoms with Gasteiger partial charge in [-0.3, -0.25) is 9.59 Å². The molecule has 0 spiro atoms. The Morgan fingerprint density at radius 3 is 2.95 bits per heavy atom. The quantitative estimate of drug-likeness (QED) is 0.708. The summed E-state index contributed by atoms with van der Waals surface area (Å²) < 4.78 is 5.32. The van der Waals surface area contributed by atoms with E-state index in [4.69, 9.17) is 4.74 Å². The molecule has 2 saturated heterocycles. The highest BCUT2D eigenvalue weighted by atomic mass is 16.5. The van der Waals surface area contributed by atoms with Gasteiger partial charge in [0.1, 0.15) is 6.04 Å². The van der Waals surface area contributed by atoms with Crippen LogP contribution in [0.3, 0.4) is 0 Å². The fraction of sp³-hybridized carbons (Fsp3) is 0.846. The second-order valence-corrected chi connectivity index (χ2v) is 5.09. The van der Waals surface area contributed by atoms with Crippen LogP contribution < -0.4 is 10.6 Å². The molecule has 2 rings (SSSR count). The van der Waals surface area contributed by atoms with Gasteiger partial charge in [0.2, 0.25) is 11.8 Å². The maximum atomic E-state index is 12.6. The summed E-state index contributed by atoms with van der Waals surface area (Å²) in [4.78, 5) is 26.1. The maximum Gasteiger partial charge on any atom is 0.244 e. The summed E-state index contributed by atoms with van der Waals surface area (Å²) in [6.45, 7) is 2.17. The first kappa shape index (κ1) is 14.3. The van der Waals surface area contributed by atoms with E-state index in [0.29, 0.717) is 13.2 Å². The molecule has 0 radical (unpaired) electrons. The fourth-order valence-corrected chi connectivity index (χ4v) is 2.69. The molecule has 0 aromatic rings. The zero-order valence-corrected chi connectivity index (χ0v) is 11.5. The van der Waals surface area contributed by atoms with Gasteiger partial charge in [-0.25, -0.2) is 0 Å². The topological polar surface area (TPSA) is 70.7 Å². The highest BCUT2D eigenvalue weighted by Gasteiger charge is 2.35. The number of nitrogens with one attached hydrogen (secondary N) is 2. The van der Waals surface area contributed by atoms with E-state index in [1.54, 1.807) is 11.9 Å². The molecule has 0 saturated carbocycles. The first-order valence-corrected chi connectivity index (χ1v) is 7.07. The third-order valence-corrected chi connectivity index (χ3v) is 3.82. The molecular weight excluding hydrogens is 246 g/mol. The van der Waals surface area contributed by atoms with Gasteiger partial charge in [0.25, 0.3) is 0 Å². The van der Waals surface area contributed by atoms with Crippen LogP contribution in [-0.2, 0) is 14.3 Å². The maximum absolute atomic E-state index is 12.6. The number of hydrogen-bond donors (Lipinski definition) is 2. The molecule has 2 atom stereocenters. The molecule has 2 unspecified atom stereocenters. The predicted molar refractivity (Wildman–Crippen MR) is 70.6 cm³/mol. The van der Waals surface area contributed by atoms with Crippen LogP contribution >= 0.6 is 0 Å². The van der Waals surface area contributed by atoms with Gasteiger partial charge in [-0.1, -0.05) is 12.8 Å². The third-order valence-electron chi connectivity index (χ3n) is 3.82. The van der Waals surface area contributed by atoms with Gasteiger partial charge in [-0.2, -0.15) is 0 Å². The Balaban J connectivity index is 2.03. The number of ether oxygens (including phenoxy) is 1. The molecule has 0 bridgehead atoms. The van der Waals surface area contributed by atoms with Crippen LogP contribution in [-0.4, -0.2) is 62.1 Å². The average Bonchev–Trinajstić information content (AvgIpc) is 2.74. The summed E-state index contributed by atoms with van der Waals surface area (Å²) in [5.41, 5.74) is 0. The van der Waals surface area contributed by atoms with Gasteiger partial charge in [0, 0.05) is 13.6 Å². The number of nitrogens with zero attached hydrogens (tertiary/aromatic N) is 1. The van der Waals surface area contributed by atoms with Gasteiger partial charge < -0.3 is 20.3 Å². The molecule has 2 fully saturated rings. The second kappa shape index (κ2) is 6.86. The molecule has 6 heteroatoms. The molecular formula is C13H23N3O3. The number of carbonyl (C=O) groups excluding carboxylic acids is 2. The Kier molecular flexibility index (Phi) is 5.15. The van der Waals surface area contributed by atoms with Gasteiger partial charge in [0.15, 0.2) is 0 Å². The van der Waals surface area contributed by atoms with Crippen molar-refractivity contribution < 1.29 is 14.3 Å². The molecule has 108 valence electrons. The molecule has 0 aromatic heterocycles. The summed E-state index contributed by atoms with van der Waals surface area (Å²) in [6, 6.07) is -0.635. The lowest BCUT2D eigenvalue weighted by molar-refractivity contribution is -0.149. The van der Waals surface area contributed by atoms with Crippen LogP contribution in [0, 0.1) is 0 Å². The van der Waals surface area contributed by atoms with Crippen molar-refractivity contribution in [2.45, 2.75) is 37.8 Å². The van der Waals surface area contributed by atoms with Crippen molar-refractivity contribution in [1.82, 2.24) is 15.5 Å². The molecule has 0 aliphatic carbocycles. The molecule has 2 aliphatic rings. The lowest BCUT2D eigenvalue weighted by atomic mass is 10.1. The Bertz CT molecular complexity index is 327. The summed E-state index contributed by atoms with van der Waals surface area (Å²) in [5, 5.41) is 5.89. The van der Waals surface area contributed by atoms with Crippen molar-refractivity contribution in [2.24, 2.45) is 0 Å². The minimum absolute atomic E-state index is 0.0406. The van der Waals surface area contributed by atoms with Crippen LogP contribution in [0.15, 0.2) is 0 Å². The first-order valence-electron chi connectivity index (χ1n) is 7.07. The summed E-state index contributed by atoms with van der Waals surface area (Å²) in [6.07, 6.45) is 4.21. The van der Waals surface area contributed by atoms with E-state index in [9.17, 15) is 9.59 Å². The van der Waals surface area contributed by atoms with Crippen molar-refractivity contribution in [3.05, 3.63) is 0 Å². The van der Waals surface area contributed by atoms with E-state index < -0.39 is 6.04 Å². The van der Waals surface area contributed by atoms with Crippen LogP contribution in [0.25, 0.3) is 0 Å². The number of hydrogen-bond acceptors (Lipinski definition) is 4. The van der Waals surface area contributed by atoms with Crippen LogP contribution in [0.1, 0.15) is 25.7 Å². The first-order chi connectivity index (χ1) is 9.24. The van der Waals surface area contributed by atoms with Gasteiger partial charge >= 0.3 is 0 Å². The van der Waals surface area contributed by atoms with Gasteiger partial charge in [-0.05, 0) is 19.4 Å². The van der Waals surface area contributed by atoms with E-state index in [1.807, 2.05) is 0 Å². The molecule has 2 heterocycles. The van der Waals surface area contributed by atoms with Crippen molar-refractivity contribution in [1.29, 1.82) is 0 Å². The Morgan fingerprint density at radius 1 is 1.32 bits per heavy atom. The van der Waals surface area contributed by atoms with Crippen LogP contribution in [0.5, 0.6) is 0 Å². The Hall–Kier alpha value is -1.14. The number of likely N-dealkylation sites (N-methyl/N-ethyl adjacent to an activating group) is 1. The van der Waals surface area contributed by atoms with E-state index in [0.717, 1.165) is 25.8 Å². The molecule has 2 N–H and O–H groups in total. The number of morpholine rings is 1. The molecule has 6 nitrogen and oxygen atoms in total. The second-order valence-electron chi connectivity index (χ2n) is 5.09. The Labute approximate surface area is 113 Å². The fourth-order valence-electron chi connectivity index (χ4n) is 2.69. The molecule has 19 heavy (non-hydrogen) atoms. The normalized spacial score (nSPS) is 28.6. The highest BCUT2D eigenvalue weighted by Crippen LogP contribution is 2.15. The van der Waals surface area contributed by atoms with Crippen molar-refractivity contribution in [3.8, 4) is 0 Å². The average molecular weight is 269 g/mol. The van der Waals surface area contributed by atoms with Crippen LogP contribution in [0.4, 0.5) is 0 Å². The van der Waals surface area contributed by atoms with E-state index in [-0.39, 0.29) is 24.5 Å². The van der Waals surface area contributed by atoms with Crippen molar-refractivity contribution >= 4 is 11.8 Å². The highest BCUT2D eigenvalue weighted by molar-refractivity contribution is 5.90. The largest absolute Gasteiger partial charge is 0.377 e. The van der Waals surface area contributed by atoms with Gasteiger partial charge in [0.05, 0.1) is 19.3 Å². The SMILES string of the molecule is CNC(=O)C1COCCN1C(=O)C1CCCCCN1. The standard InChI is InChI=1S/C13H23N3O3/c1-14-12(17)11-9-19-8-7-16(11)13(18)10-5-3-2-4-6-15-10/h10-11,15H,2-9H2,1H3,(H,14,17). The van der Waals surface area contributed by atoms with Crippen LogP contribution in [0.2, 0.25) is 0 Å². The van der Waals surface area contributed by atoms with Gasteiger partial charge in [-0.15, -0.1) is 0 Å². The zero-order chi connectivity index (χ0) is 13.7. The molecule has 0 aromatic carbocycles. The third kappa shape index (κ3) is 3.45. The number of amides is 2. The Morgan fingerprint density at radius 2 is 2.16 bits per heavy atom.